The average molecular weight is 251 g/mol. The predicted octanol–water partition coefficient (Wildman–Crippen LogP) is 3.55. The van der Waals surface area contributed by atoms with Crippen LogP contribution < -0.4 is 5.73 Å². The predicted molar refractivity (Wildman–Crippen MR) is 71.1 cm³/mol. The number of aromatic nitrogens is 2. The van der Waals surface area contributed by atoms with Crippen molar-refractivity contribution < 1.29 is 4.52 Å². The van der Waals surface area contributed by atoms with Crippen LogP contribution in [0, 0.1) is 5.92 Å². The van der Waals surface area contributed by atoms with Crippen molar-refractivity contribution >= 4 is 0 Å². The Hall–Kier alpha value is -0.900. The standard InChI is InChI=1S/C14H25N3O/c1-3-5-10-6-8-11(9-7-10)13-16-14(18-17-13)12(15)4-2/h10-12H,3-9,15H2,1-2H3/t10?,11?,12-/m0/s1. The molecule has 102 valence electrons. The Morgan fingerprint density at radius 3 is 2.61 bits per heavy atom. The van der Waals surface area contributed by atoms with Crippen LogP contribution in [0.5, 0.6) is 0 Å². The van der Waals surface area contributed by atoms with E-state index in [9.17, 15) is 0 Å². The SMILES string of the molecule is CCCC1CCC(c2noc([C@@H](N)CC)n2)CC1. The molecule has 1 aromatic heterocycles. The molecule has 1 aliphatic rings. The molecular formula is C14H25N3O. The van der Waals surface area contributed by atoms with Crippen LogP contribution in [0.25, 0.3) is 0 Å². The highest BCUT2D eigenvalue weighted by atomic mass is 16.5. The minimum absolute atomic E-state index is 0.109. The van der Waals surface area contributed by atoms with Crippen LogP contribution in [-0.2, 0) is 0 Å². The molecule has 0 radical (unpaired) electrons. The largest absolute Gasteiger partial charge is 0.338 e. The summed E-state index contributed by atoms with van der Waals surface area (Å²) >= 11 is 0. The first-order valence-electron chi connectivity index (χ1n) is 7.33. The van der Waals surface area contributed by atoms with E-state index in [0.717, 1.165) is 18.2 Å². The summed E-state index contributed by atoms with van der Waals surface area (Å²) < 4.78 is 5.26. The summed E-state index contributed by atoms with van der Waals surface area (Å²) in [6, 6.07) is -0.109. The van der Waals surface area contributed by atoms with Crippen LogP contribution in [0.4, 0.5) is 0 Å². The van der Waals surface area contributed by atoms with Crippen molar-refractivity contribution in [2.45, 2.75) is 70.8 Å². The van der Waals surface area contributed by atoms with Gasteiger partial charge in [-0.25, -0.2) is 0 Å². The van der Waals surface area contributed by atoms with E-state index >= 15 is 0 Å². The molecule has 2 rings (SSSR count). The lowest BCUT2D eigenvalue weighted by Gasteiger charge is -2.26. The molecule has 4 nitrogen and oxygen atoms in total. The maximum atomic E-state index is 5.90. The summed E-state index contributed by atoms with van der Waals surface area (Å²) in [6.07, 6.45) is 8.52. The van der Waals surface area contributed by atoms with Crippen molar-refractivity contribution in [3.63, 3.8) is 0 Å². The van der Waals surface area contributed by atoms with Crippen molar-refractivity contribution in [1.82, 2.24) is 10.1 Å². The fraction of sp³-hybridized carbons (Fsp3) is 0.857. The van der Waals surface area contributed by atoms with Gasteiger partial charge in [0.1, 0.15) is 0 Å². The average Bonchev–Trinajstić information content (AvgIpc) is 2.89. The lowest BCUT2D eigenvalue weighted by Crippen LogP contribution is -2.14. The third-order valence-electron chi connectivity index (χ3n) is 4.12. The van der Waals surface area contributed by atoms with Gasteiger partial charge in [0, 0.05) is 5.92 Å². The summed E-state index contributed by atoms with van der Waals surface area (Å²) in [5.74, 6) is 2.88. The zero-order chi connectivity index (χ0) is 13.0. The van der Waals surface area contributed by atoms with Crippen LogP contribution in [0.15, 0.2) is 4.52 Å². The molecule has 1 fully saturated rings. The van der Waals surface area contributed by atoms with Crippen LogP contribution in [0.1, 0.15) is 82.5 Å². The van der Waals surface area contributed by atoms with E-state index in [1.165, 1.54) is 38.5 Å². The first kappa shape index (κ1) is 13.5. The molecule has 0 unspecified atom stereocenters. The van der Waals surface area contributed by atoms with Crippen molar-refractivity contribution in [3.8, 4) is 0 Å². The second-order valence-corrected chi connectivity index (χ2v) is 5.51. The van der Waals surface area contributed by atoms with E-state index in [4.69, 9.17) is 10.3 Å². The van der Waals surface area contributed by atoms with E-state index in [1.54, 1.807) is 0 Å². The van der Waals surface area contributed by atoms with E-state index in [1.807, 2.05) is 6.92 Å². The minimum atomic E-state index is -0.109. The molecule has 0 bridgehead atoms. The number of rotatable bonds is 5. The molecule has 0 aromatic carbocycles. The zero-order valence-corrected chi connectivity index (χ0v) is 11.6. The topological polar surface area (TPSA) is 64.9 Å². The molecule has 4 heteroatoms. The maximum Gasteiger partial charge on any atom is 0.243 e. The molecule has 1 atom stereocenters. The van der Waals surface area contributed by atoms with Gasteiger partial charge in [0.15, 0.2) is 5.82 Å². The van der Waals surface area contributed by atoms with Gasteiger partial charge in [-0.15, -0.1) is 0 Å². The van der Waals surface area contributed by atoms with Gasteiger partial charge in [0.05, 0.1) is 6.04 Å². The van der Waals surface area contributed by atoms with Crippen molar-refractivity contribution in [1.29, 1.82) is 0 Å². The highest BCUT2D eigenvalue weighted by molar-refractivity contribution is 4.99. The molecule has 0 saturated heterocycles. The first-order chi connectivity index (χ1) is 8.74. The highest BCUT2D eigenvalue weighted by Crippen LogP contribution is 2.36. The molecule has 1 saturated carbocycles. The van der Waals surface area contributed by atoms with Gasteiger partial charge in [0.2, 0.25) is 5.89 Å². The molecule has 2 N–H and O–H groups in total. The number of nitrogens with zero attached hydrogens (tertiary/aromatic N) is 2. The summed E-state index contributed by atoms with van der Waals surface area (Å²) in [7, 11) is 0. The molecule has 18 heavy (non-hydrogen) atoms. The van der Waals surface area contributed by atoms with Crippen molar-refractivity contribution in [2.75, 3.05) is 0 Å². The monoisotopic (exact) mass is 251 g/mol. The van der Waals surface area contributed by atoms with Gasteiger partial charge in [-0.1, -0.05) is 31.8 Å². The van der Waals surface area contributed by atoms with Crippen LogP contribution >= 0.6 is 0 Å². The summed E-state index contributed by atoms with van der Waals surface area (Å²) in [5, 5.41) is 4.11. The third kappa shape index (κ3) is 3.10. The maximum absolute atomic E-state index is 5.90. The Kier molecular flexibility index (Phi) is 4.75. The molecule has 1 heterocycles. The van der Waals surface area contributed by atoms with Gasteiger partial charge in [-0.05, 0) is 38.0 Å². The Morgan fingerprint density at radius 1 is 1.28 bits per heavy atom. The fourth-order valence-corrected chi connectivity index (χ4v) is 2.86. The molecular weight excluding hydrogens is 226 g/mol. The second-order valence-electron chi connectivity index (χ2n) is 5.51. The Bertz CT molecular complexity index is 356. The highest BCUT2D eigenvalue weighted by Gasteiger charge is 2.26. The fourth-order valence-electron chi connectivity index (χ4n) is 2.86. The van der Waals surface area contributed by atoms with E-state index < -0.39 is 0 Å². The van der Waals surface area contributed by atoms with Crippen molar-refractivity contribution in [3.05, 3.63) is 11.7 Å². The van der Waals surface area contributed by atoms with Gasteiger partial charge in [-0.2, -0.15) is 4.98 Å². The number of hydrogen-bond acceptors (Lipinski definition) is 4. The van der Waals surface area contributed by atoms with Gasteiger partial charge < -0.3 is 10.3 Å². The van der Waals surface area contributed by atoms with Gasteiger partial charge >= 0.3 is 0 Å². The summed E-state index contributed by atoms with van der Waals surface area (Å²) in [4.78, 5) is 4.47. The quantitative estimate of drug-likeness (QED) is 0.869. The van der Waals surface area contributed by atoms with Gasteiger partial charge in [0.25, 0.3) is 0 Å². The van der Waals surface area contributed by atoms with Crippen molar-refractivity contribution in [2.24, 2.45) is 11.7 Å². The Labute approximate surface area is 109 Å². The molecule has 0 spiro atoms. The Morgan fingerprint density at radius 2 is 2.00 bits per heavy atom. The lowest BCUT2D eigenvalue weighted by molar-refractivity contribution is 0.293. The van der Waals surface area contributed by atoms with E-state index in [2.05, 4.69) is 17.1 Å². The van der Waals surface area contributed by atoms with E-state index in [-0.39, 0.29) is 6.04 Å². The van der Waals surface area contributed by atoms with Crippen LogP contribution in [-0.4, -0.2) is 10.1 Å². The summed E-state index contributed by atoms with van der Waals surface area (Å²) in [6.45, 7) is 4.30. The first-order valence-corrected chi connectivity index (χ1v) is 7.33. The minimum Gasteiger partial charge on any atom is -0.338 e. The van der Waals surface area contributed by atoms with Gasteiger partial charge in [-0.3, -0.25) is 0 Å². The second kappa shape index (κ2) is 6.32. The number of hydrogen-bond donors (Lipinski definition) is 1. The zero-order valence-electron chi connectivity index (χ0n) is 11.6. The molecule has 0 amide bonds. The van der Waals surface area contributed by atoms with Crippen LogP contribution in [0.3, 0.4) is 0 Å². The summed E-state index contributed by atoms with van der Waals surface area (Å²) in [5.41, 5.74) is 5.90. The Balaban J connectivity index is 1.91. The van der Waals surface area contributed by atoms with E-state index in [0.29, 0.717) is 11.8 Å². The normalized spacial score (nSPS) is 26.2. The third-order valence-corrected chi connectivity index (χ3v) is 4.12. The lowest BCUT2D eigenvalue weighted by atomic mass is 9.80. The van der Waals surface area contributed by atoms with Crippen LogP contribution in [0.2, 0.25) is 0 Å². The molecule has 1 aromatic rings. The molecule has 0 aliphatic heterocycles. The number of nitrogens with two attached hydrogens (primary N) is 1. The molecule has 1 aliphatic carbocycles. The smallest absolute Gasteiger partial charge is 0.243 e.